The Bertz CT molecular complexity index is 1100. The number of benzene rings is 2. The van der Waals surface area contributed by atoms with Gasteiger partial charge in [-0.3, -0.25) is 9.59 Å². The third-order valence-corrected chi connectivity index (χ3v) is 7.00. The topological polar surface area (TPSA) is 79.3 Å². The van der Waals surface area contributed by atoms with Crippen LogP contribution in [0.4, 0.5) is 0 Å². The Morgan fingerprint density at radius 3 is 2.36 bits per heavy atom. The molecule has 2 aromatic carbocycles. The van der Waals surface area contributed by atoms with Crippen molar-refractivity contribution in [3.8, 4) is 11.5 Å². The van der Waals surface area contributed by atoms with Crippen molar-refractivity contribution < 1.29 is 24.2 Å². The van der Waals surface area contributed by atoms with Crippen LogP contribution in [0.25, 0.3) is 5.76 Å². The first-order valence-corrected chi connectivity index (χ1v) is 13.2. The highest BCUT2D eigenvalue weighted by Gasteiger charge is 2.46. The predicted octanol–water partition coefficient (Wildman–Crippen LogP) is 5.40. The summed E-state index contributed by atoms with van der Waals surface area (Å²) in [5.74, 6) is -0.391. The number of methoxy groups -OCH3 is 1. The van der Waals surface area contributed by atoms with Crippen LogP contribution in [0, 0.1) is 0 Å². The predicted molar refractivity (Wildman–Crippen MR) is 144 cm³/mol. The minimum Gasteiger partial charge on any atom is -0.507 e. The number of likely N-dealkylation sites (N-methyl/N-ethyl adjacent to an activating group) is 1. The van der Waals surface area contributed by atoms with Crippen molar-refractivity contribution in [2.24, 2.45) is 0 Å². The van der Waals surface area contributed by atoms with E-state index in [1.54, 1.807) is 48.4 Å². The second-order valence-electron chi connectivity index (χ2n) is 8.64. The second-order valence-corrected chi connectivity index (χ2v) is 9.55. The van der Waals surface area contributed by atoms with Crippen molar-refractivity contribution in [1.82, 2.24) is 9.80 Å². The molecular weight excluding hydrogens is 524 g/mol. The molecular formula is C28H35BrN2O5. The first-order chi connectivity index (χ1) is 17.4. The lowest BCUT2D eigenvalue weighted by Crippen LogP contribution is -2.38. The van der Waals surface area contributed by atoms with Gasteiger partial charge in [0, 0.05) is 23.1 Å². The smallest absolute Gasteiger partial charge is 0.295 e. The van der Waals surface area contributed by atoms with Gasteiger partial charge in [0.1, 0.15) is 5.76 Å². The van der Waals surface area contributed by atoms with E-state index in [0.29, 0.717) is 42.3 Å². The van der Waals surface area contributed by atoms with Crippen LogP contribution < -0.4 is 9.47 Å². The van der Waals surface area contributed by atoms with Crippen molar-refractivity contribution in [1.29, 1.82) is 0 Å². The number of hydrogen-bond donors (Lipinski definition) is 1. The van der Waals surface area contributed by atoms with Gasteiger partial charge in [-0.1, -0.05) is 61.3 Å². The Morgan fingerprint density at radius 1 is 1.06 bits per heavy atom. The molecule has 3 rings (SSSR count). The Balaban J connectivity index is 2.09. The fourth-order valence-electron chi connectivity index (χ4n) is 4.31. The lowest BCUT2D eigenvalue weighted by molar-refractivity contribution is -0.140. The van der Waals surface area contributed by atoms with E-state index < -0.39 is 17.7 Å². The average molecular weight is 560 g/mol. The molecule has 0 bridgehead atoms. The molecule has 0 saturated carbocycles. The minimum atomic E-state index is -0.747. The zero-order valence-electron chi connectivity index (χ0n) is 21.4. The standard InChI is InChI=1S/C28H35BrN2O5/c1-5-8-17-36-22-14-11-20(18-23(22)35-4)25-24(26(32)19-9-12-21(29)13-10-19)27(33)28(34)31(25)16-15-30(6-2)7-3/h9-14,18,25,32H,5-8,15-17H2,1-4H3. The second kappa shape index (κ2) is 12.9. The molecule has 1 aliphatic rings. The van der Waals surface area contributed by atoms with E-state index in [4.69, 9.17) is 9.47 Å². The molecule has 1 amide bonds. The van der Waals surface area contributed by atoms with E-state index >= 15 is 0 Å². The summed E-state index contributed by atoms with van der Waals surface area (Å²) in [6.45, 7) is 9.42. The highest BCUT2D eigenvalue weighted by atomic mass is 79.9. The Hall–Kier alpha value is -2.84. The highest BCUT2D eigenvalue weighted by Crippen LogP contribution is 2.42. The van der Waals surface area contributed by atoms with Gasteiger partial charge in [-0.2, -0.15) is 0 Å². The van der Waals surface area contributed by atoms with Crippen LogP contribution in [0.3, 0.4) is 0 Å². The van der Waals surface area contributed by atoms with Crippen LogP contribution in [-0.2, 0) is 9.59 Å². The molecule has 1 aliphatic heterocycles. The van der Waals surface area contributed by atoms with Crippen molar-refractivity contribution in [3.63, 3.8) is 0 Å². The quantitative estimate of drug-likeness (QED) is 0.162. The van der Waals surface area contributed by atoms with Crippen LogP contribution in [-0.4, -0.2) is 66.5 Å². The SMILES string of the molecule is CCCCOc1ccc(C2C(=C(O)c3ccc(Br)cc3)C(=O)C(=O)N2CCN(CC)CC)cc1OC. The van der Waals surface area contributed by atoms with Gasteiger partial charge < -0.3 is 24.4 Å². The van der Waals surface area contributed by atoms with Crippen LogP contribution in [0.15, 0.2) is 52.5 Å². The summed E-state index contributed by atoms with van der Waals surface area (Å²) in [5.41, 5.74) is 1.21. The number of Topliss-reactive ketones (excluding diaryl/α,β-unsaturated/α-hetero) is 1. The van der Waals surface area contributed by atoms with Gasteiger partial charge in [-0.25, -0.2) is 0 Å². The van der Waals surface area contributed by atoms with Gasteiger partial charge in [0.05, 0.1) is 25.3 Å². The maximum absolute atomic E-state index is 13.3. The number of hydrogen-bond acceptors (Lipinski definition) is 6. The van der Waals surface area contributed by atoms with E-state index in [2.05, 4.69) is 41.6 Å². The maximum Gasteiger partial charge on any atom is 0.295 e. The van der Waals surface area contributed by atoms with Gasteiger partial charge in [-0.15, -0.1) is 0 Å². The number of amides is 1. The van der Waals surface area contributed by atoms with Crippen LogP contribution in [0.5, 0.6) is 11.5 Å². The van der Waals surface area contributed by atoms with Crippen molar-refractivity contribution in [2.45, 2.75) is 39.7 Å². The van der Waals surface area contributed by atoms with Crippen molar-refractivity contribution >= 4 is 33.4 Å². The third kappa shape index (κ3) is 6.10. The van der Waals surface area contributed by atoms with E-state index in [9.17, 15) is 14.7 Å². The largest absolute Gasteiger partial charge is 0.507 e. The number of aliphatic hydroxyl groups is 1. The molecule has 0 aromatic heterocycles. The van der Waals surface area contributed by atoms with E-state index in [1.165, 1.54) is 0 Å². The summed E-state index contributed by atoms with van der Waals surface area (Å²) in [7, 11) is 1.56. The number of carbonyl (C=O) groups is 2. The van der Waals surface area contributed by atoms with Crippen LogP contribution >= 0.6 is 15.9 Å². The summed E-state index contributed by atoms with van der Waals surface area (Å²) >= 11 is 3.39. The van der Waals surface area contributed by atoms with Gasteiger partial charge in [-0.05, 0) is 49.3 Å². The molecule has 1 fully saturated rings. The molecule has 2 aromatic rings. The summed E-state index contributed by atoms with van der Waals surface area (Å²) in [4.78, 5) is 30.2. The number of nitrogens with zero attached hydrogens (tertiary/aromatic N) is 2. The zero-order valence-corrected chi connectivity index (χ0v) is 23.0. The minimum absolute atomic E-state index is 0.0728. The number of carbonyl (C=O) groups excluding carboxylic acids is 2. The molecule has 1 atom stereocenters. The number of unbranched alkanes of at least 4 members (excludes halogenated alkanes) is 1. The Labute approximate surface area is 221 Å². The third-order valence-electron chi connectivity index (χ3n) is 6.47. The summed E-state index contributed by atoms with van der Waals surface area (Å²) in [6, 6.07) is 11.7. The van der Waals surface area contributed by atoms with Crippen LogP contribution in [0.1, 0.15) is 50.8 Å². The molecule has 1 unspecified atom stereocenters. The number of ketones is 1. The first kappa shape index (κ1) is 27.7. The molecule has 7 nitrogen and oxygen atoms in total. The summed E-state index contributed by atoms with van der Waals surface area (Å²) in [6.07, 6.45) is 1.93. The van der Waals surface area contributed by atoms with Gasteiger partial charge in [0.15, 0.2) is 11.5 Å². The van der Waals surface area contributed by atoms with E-state index in [1.807, 2.05) is 6.07 Å². The Morgan fingerprint density at radius 2 is 1.75 bits per heavy atom. The summed E-state index contributed by atoms with van der Waals surface area (Å²) < 4.78 is 12.3. The lowest BCUT2D eigenvalue weighted by atomic mass is 9.95. The molecule has 1 N–H and O–H groups in total. The lowest BCUT2D eigenvalue weighted by Gasteiger charge is -2.28. The number of aliphatic hydroxyl groups excluding tert-OH is 1. The fourth-order valence-corrected chi connectivity index (χ4v) is 4.57. The monoisotopic (exact) mass is 558 g/mol. The van der Waals surface area contributed by atoms with Gasteiger partial charge in [0.25, 0.3) is 11.7 Å². The molecule has 194 valence electrons. The zero-order chi connectivity index (χ0) is 26.2. The first-order valence-electron chi connectivity index (χ1n) is 12.4. The fraction of sp³-hybridized carbons (Fsp3) is 0.429. The van der Waals surface area contributed by atoms with Crippen molar-refractivity contribution in [3.05, 3.63) is 63.6 Å². The van der Waals surface area contributed by atoms with E-state index in [0.717, 1.165) is 30.4 Å². The number of halogens is 1. The molecule has 1 heterocycles. The molecule has 0 radical (unpaired) electrons. The molecule has 0 aliphatic carbocycles. The molecule has 8 heteroatoms. The molecule has 36 heavy (non-hydrogen) atoms. The highest BCUT2D eigenvalue weighted by molar-refractivity contribution is 9.10. The van der Waals surface area contributed by atoms with Gasteiger partial charge >= 0.3 is 0 Å². The average Bonchev–Trinajstić information content (AvgIpc) is 3.14. The number of likely N-dealkylation sites (tertiary alicyclic amines) is 1. The van der Waals surface area contributed by atoms with Gasteiger partial charge in [0.2, 0.25) is 0 Å². The van der Waals surface area contributed by atoms with E-state index in [-0.39, 0.29) is 11.3 Å². The molecule has 0 spiro atoms. The normalized spacial score (nSPS) is 17.2. The maximum atomic E-state index is 13.3. The van der Waals surface area contributed by atoms with Crippen LogP contribution in [0.2, 0.25) is 0 Å². The number of rotatable bonds is 12. The van der Waals surface area contributed by atoms with Crippen molar-refractivity contribution in [2.75, 3.05) is 39.9 Å². The Kier molecular flexibility index (Phi) is 9.96. The summed E-state index contributed by atoms with van der Waals surface area (Å²) in [5, 5.41) is 11.2. The molecule has 1 saturated heterocycles. The number of ether oxygens (including phenoxy) is 2.